The van der Waals surface area contributed by atoms with Gasteiger partial charge in [-0.2, -0.15) is 44.3 Å². The molecule has 1 aliphatic rings. The number of aromatic nitrogens is 4. The molecule has 252 valence electrons. The Bertz CT molecular complexity index is 1670. The van der Waals surface area contributed by atoms with Crippen LogP contribution in [0.25, 0.3) is 0 Å². The van der Waals surface area contributed by atoms with Crippen LogP contribution in [0.15, 0.2) is 60.7 Å². The summed E-state index contributed by atoms with van der Waals surface area (Å²) < 4.78 is 125. The Morgan fingerprint density at radius 2 is 1.53 bits per heavy atom. The minimum absolute atomic E-state index is 0.0217. The van der Waals surface area contributed by atoms with Gasteiger partial charge in [0.2, 0.25) is 0 Å². The normalized spacial score (nSPS) is 16.5. The highest BCUT2D eigenvalue weighted by molar-refractivity contribution is 5.63. The third kappa shape index (κ3) is 7.31. The number of aliphatic hydroxyl groups is 1. The summed E-state index contributed by atoms with van der Waals surface area (Å²) >= 11 is 0. The number of hydrogen-bond acceptors (Lipinski definition) is 6. The second kappa shape index (κ2) is 12.7. The summed E-state index contributed by atoms with van der Waals surface area (Å²) in [7, 11) is 1.41. The first kappa shape index (κ1) is 34.0. The van der Waals surface area contributed by atoms with Crippen molar-refractivity contribution in [2.75, 3.05) is 23.0 Å². The summed E-state index contributed by atoms with van der Waals surface area (Å²) in [4.78, 5) is 4.05. The second-order valence-corrected chi connectivity index (χ2v) is 11.3. The van der Waals surface area contributed by atoms with E-state index < -0.39 is 60.5 Å². The molecule has 3 aromatic carbocycles. The maximum absolute atomic E-state index is 14.2. The summed E-state index contributed by atoms with van der Waals surface area (Å²) in [5.41, 5.74) is -3.44. The molecular weight excluding hydrogens is 643 g/mol. The molecule has 0 saturated carbocycles. The first-order chi connectivity index (χ1) is 22.0. The van der Waals surface area contributed by atoms with E-state index in [1.54, 1.807) is 35.2 Å². The minimum Gasteiger partial charge on any atom is -0.394 e. The molecule has 0 saturated heterocycles. The molecule has 4 aromatic rings. The van der Waals surface area contributed by atoms with E-state index in [2.05, 4.69) is 15.4 Å². The van der Waals surface area contributed by atoms with Crippen LogP contribution >= 0.6 is 0 Å². The Morgan fingerprint density at radius 1 is 0.894 bits per heavy atom. The number of halogens is 9. The third-order valence-corrected chi connectivity index (χ3v) is 8.09. The molecule has 2 atom stereocenters. The smallest absolute Gasteiger partial charge is 0.394 e. The number of anilines is 2. The molecule has 1 aromatic heterocycles. The summed E-state index contributed by atoms with van der Waals surface area (Å²) in [6, 6.07) is 10.5. The van der Waals surface area contributed by atoms with Crippen LogP contribution in [-0.2, 0) is 32.1 Å². The quantitative estimate of drug-likeness (QED) is 0.204. The zero-order chi connectivity index (χ0) is 34.3. The van der Waals surface area contributed by atoms with Crippen LogP contribution in [-0.4, -0.2) is 38.5 Å². The molecule has 2 heterocycles. The van der Waals surface area contributed by atoms with Crippen molar-refractivity contribution in [2.24, 2.45) is 7.05 Å². The fraction of sp³-hybridized carbons (Fsp3) is 0.387. The molecule has 0 fully saturated rings. The molecule has 0 radical (unpaired) electrons. The van der Waals surface area contributed by atoms with Crippen molar-refractivity contribution in [3.63, 3.8) is 0 Å². The average Bonchev–Trinajstić information content (AvgIpc) is 3.34. The van der Waals surface area contributed by atoms with Crippen LogP contribution in [0.3, 0.4) is 0 Å². The van der Waals surface area contributed by atoms with Crippen LogP contribution in [0, 0.1) is 6.92 Å². The molecule has 7 nitrogen and oxygen atoms in total. The molecular formula is C31H29F9N6O. The van der Waals surface area contributed by atoms with E-state index in [-0.39, 0.29) is 41.8 Å². The lowest BCUT2D eigenvalue weighted by atomic mass is 9.93. The largest absolute Gasteiger partial charge is 0.416 e. The van der Waals surface area contributed by atoms with Gasteiger partial charge >= 0.3 is 18.5 Å². The first-order valence-corrected chi connectivity index (χ1v) is 14.4. The molecule has 0 bridgehead atoms. The van der Waals surface area contributed by atoms with Crippen LogP contribution in [0.5, 0.6) is 0 Å². The Labute approximate surface area is 263 Å². The van der Waals surface area contributed by atoms with Crippen molar-refractivity contribution in [3.8, 4) is 0 Å². The molecule has 0 amide bonds. The predicted molar refractivity (Wildman–Crippen MR) is 153 cm³/mol. The predicted octanol–water partition coefficient (Wildman–Crippen LogP) is 7.66. The lowest BCUT2D eigenvalue weighted by Gasteiger charge is -2.36. The number of aliphatic hydroxyl groups excluding tert-OH is 1. The van der Waals surface area contributed by atoms with Crippen molar-refractivity contribution >= 4 is 11.6 Å². The fourth-order valence-corrected chi connectivity index (χ4v) is 5.99. The van der Waals surface area contributed by atoms with Crippen molar-refractivity contribution in [1.29, 1.82) is 0 Å². The van der Waals surface area contributed by atoms with E-state index in [0.717, 1.165) is 10.9 Å². The van der Waals surface area contributed by atoms with Crippen LogP contribution in [0.4, 0.5) is 51.1 Å². The van der Waals surface area contributed by atoms with Crippen molar-refractivity contribution in [1.82, 2.24) is 20.2 Å². The van der Waals surface area contributed by atoms with E-state index in [4.69, 9.17) is 0 Å². The summed E-state index contributed by atoms with van der Waals surface area (Å²) in [6.07, 6.45) is -14.4. The molecule has 0 spiro atoms. The van der Waals surface area contributed by atoms with Gasteiger partial charge in [0.1, 0.15) is 0 Å². The van der Waals surface area contributed by atoms with Gasteiger partial charge in [-0.3, -0.25) is 0 Å². The van der Waals surface area contributed by atoms with Gasteiger partial charge in [-0.1, -0.05) is 41.5 Å². The second-order valence-electron chi connectivity index (χ2n) is 11.3. The Morgan fingerprint density at radius 3 is 2.06 bits per heavy atom. The molecule has 0 aliphatic carbocycles. The summed E-state index contributed by atoms with van der Waals surface area (Å²) in [6.45, 7) is 0.422. The number of hydrogen-bond donors (Lipinski definition) is 1. The molecule has 1 unspecified atom stereocenters. The summed E-state index contributed by atoms with van der Waals surface area (Å²) in [5.74, 6) is -0.151. The zero-order valence-electron chi connectivity index (χ0n) is 25.0. The van der Waals surface area contributed by atoms with E-state index in [0.29, 0.717) is 29.7 Å². The number of rotatable bonds is 7. The van der Waals surface area contributed by atoms with Gasteiger partial charge in [0, 0.05) is 18.8 Å². The van der Waals surface area contributed by atoms with Crippen LogP contribution < -0.4 is 9.80 Å². The van der Waals surface area contributed by atoms with Gasteiger partial charge in [-0.15, -0.1) is 5.10 Å². The average molecular weight is 673 g/mol. The topological polar surface area (TPSA) is 70.3 Å². The molecule has 1 aliphatic heterocycles. The Kier molecular flexibility index (Phi) is 9.18. The Balaban J connectivity index is 1.70. The number of fused-ring (bicyclic) bond motifs is 1. The third-order valence-electron chi connectivity index (χ3n) is 8.09. The Hall–Kier alpha value is -4.34. The van der Waals surface area contributed by atoms with Crippen molar-refractivity contribution in [3.05, 3.63) is 99.6 Å². The number of aryl methyl sites for hydroxylation is 2. The van der Waals surface area contributed by atoms with Gasteiger partial charge in [0.05, 0.1) is 42.4 Å². The van der Waals surface area contributed by atoms with Gasteiger partial charge in [-0.05, 0) is 71.5 Å². The number of tetrazole rings is 1. The lowest BCUT2D eigenvalue weighted by molar-refractivity contribution is -0.143. The van der Waals surface area contributed by atoms with Gasteiger partial charge in [-0.25, -0.2) is 0 Å². The molecule has 1 N–H and O–H groups in total. The van der Waals surface area contributed by atoms with E-state index >= 15 is 0 Å². The number of nitrogens with zero attached hydrogens (tertiary/aromatic N) is 6. The van der Waals surface area contributed by atoms with Gasteiger partial charge in [0.25, 0.3) is 5.95 Å². The van der Waals surface area contributed by atoms with Crippen LogP contribution in [0.1, 0.15) is 63.9 Å². The van der Waals surface area contributed by atoms with Crippen molar-refractivity contribution in [2.45, 2.75) is 56.9 Å². The van der Waals surface area contributed by atoms with E-state index in [1.165, 1.54) is 24.9 Å². The lowest BCUT2D eigenvalue weighted by Crippen LogP contribution is -2.33. The fourth-order valence-electron chi connectivity index (χ4n) is 5.99. The van der Waals surface area contributed by atoms with Crippen LogP contribution in [0.2, 0.25) is 0 Å². The molecule has 5 rings (SSSR count). The molecule has 47 heavy (non-hydrogen) atoms. The highest BCUT2D eigenvalue weighted by Gasteiger charge is 2.40. The van der Waals surface area contributed by atoms with E-state index in [9.17, 15) is 44.6 Å². The van der Waals surface area contributed by atoms with E-state index in [1.807, 2.05) is 0 Å². The maximum Gasteiger partial charge on any atom is 0.416 e. The first-order valence-electron chi connectivity index (χ1n) is 14.4. The standard InChI is InChI=1S/C31H29F9N6O/c1-18-11-23-25(9-6-10-45(26(23)15-24(18)31(38,39)40)27(17-47)20-7-4-3-5-8-20)46(28-41-43-44(2)42-28)16-19-12-21(29(32,33)34)14-22(13-19)30(35,36)37/h3-5,7-8,11-15,25,27,47H,6,9-10,16-17H2,1-2H3/t25-,27?/m0/s1. The molecule has 16 heteroatoms. The van der Waals surface area contributed by atoms with Gasteiger partial charge in [0.15, 0.2) is 0 Å². The maximum atomic E-state index is 14.2. The number of alkyl halides is 9. The number of benzene rings is 3. The summed E-state index contributed by atoms with van der Waals surface area (Å²) in [5, 5.41) is 22.4. The zero-order valence-corrected chi connectivity index (χ0v) is 25.0. The van der Waals surface area contributed by atoms with Crippen molar-refractivity contribution < 1.29 is 44.6 Å². The monoisotopic (exact) mass is 672 g/mol. The highest BCUT2D eigenvalue weighted by Crippen LogP contribution is 2.46. The van der Waals surface area contributed by atoms with Gasteiger partial charge < -0.3 is 14.9 Å². The minimum atomic E-state index is -5.09. The highest BCUT2D eigenvalue weighted by atomic mass is 19.4. The SMILES string of the molecule is Cc1cc2c(cc1C(F)(F)F)N(C(CO)c1ccccc1)CCC[C@@H]2N(Cc1cc(C(F)(F)F)cc(C(F)(F)F)c1)c1nnn(C)n1.